The van der Waals surface area contributed by atoms with Gasteiger partial charge < -0.3 is 14.9 Å². The SMILES string of the molecule is O=C1CN(c2cc(Cl)c(Oc3ccc(O)c(C(O)c4ccc(F)cc4)c3)c(Cl)c2)C(=O)N1. The lowest BCUT2D eigenvalue weighted by Crippen LogP contribution is -2.27. The summed E-state index contributed by atoms with van der Waals surface area (Å²) in [6, 6.07) is 11.6. The predicted octanol–water partition coefficient (Wildman–Crippen LogP) is 4.77. The molecule has 3 amide bonds. The van der Waals surface area contributed by atoms with Crippen molar-refractivity contribution in [3.63, 3.8) is 0 Å². The fraction of sp³-hybridized carbons (Fsp3) is 0.0909. The Morgan fingerprint density at radius 1 is 1.03 bits per heavy atom. The number of phenolic OH excluding ortho intramolecular Hbond substituents is 1. The number of ether oxygens (including phenoxy) is 1. The Morgan fingerprint density at radius 2 is 1.69 bits per heavy atom. The van der Waals surface area contributed by atoms with Crippen molar-refractivity contribution in [2.75, 3.05) is 11.4 Å². The van der Waals surface area contributed by atoms with E-state index in [0.29, 0.717) is 11.3 Å². The zero-order valence-electron chi connectivity index (χ0n) is 16.2. The minimum absolute atomic E-state index is 0.0772. The molecule has 3 aromatic rings. The van der Waals surface area contributed by atoms with Gasteiger partial charge in [0.2, 0.25) is 5.91 Å². The molecule has 1 aliphatic rings. The summed E-state index contributed by atoms with van der Waals surface area (Å²) in [5.74, 6) is -0.795. The highest BCUT2D eigenvalue weighted by Gasteiger charge is 2.29. The number of aliphatic hydroxyl groups is 1. The normalized spacial score (nSPS) is 14.4. The van der Waals surface area contributed by atoms with E-state index in [1.54, 1.807) is 0 Å². The van der Waals surface area contributed by atoms with Gasteiger partial charge in [-0.05, 0) is 48.0 Å². The van der Waals surface area contributed by atoms with Crippen molar-refractivity contribution in [2.24, 2.45) is 0 Å². The van der Waals surface area contributed by atoms with Gasteiger partial charge in [0.05, 0.1) is 10.0 Å². The van der Waals surface area contributed by atoms with E-state index in [1.165, 1.54) is 59.5 Å². The largest absolute Gasteiger partial charge is 0.508 e. The van der Waals surface area contributed by atoms with Crippen LogP contribution in [-0.4, -0.2) is 28.7 Å². The van der Waals surface area contributed by atoms with Crippen molar-refractivity contribution < 1.29 is 28.9 Å². The number of amides is 3. The summed E-state index contributed by atoms with van der Waals surface area (Å²) < 4.78 is 18.9. The van der Waals surface area contributed by atoms with E-state index in [9.17, 15) is 24.2 Å². The van der Waals surface area contributed by atoms with Crippen molar-refractivity contribution in [1.29, 1.82) is 0 Å². The van der Waals surface area contributed by atoms with Gasteiger partial charge in [0.1, 0.15) is 30.0 Å². The Hall–Kier alpha value is -3.33. The molecule has 10 heteroatoms. The lowest BCUT2D eigenvalue weighted by Gasteiger charge is -2.18. The molecule has 0 radical (unpaired) electrons. The van der Waals surface area contributed by atoms with Gasteiger partial charge in [-0.2, -0.15) is 0 Å². The van der Waals surface area contributed by atoms with Crippen LogP contribution in [0.15, 0.2) is 54.6 Å². The summed E-state index contributed by atoms with van der Waals surface area (Å²) in [6.45, 7) is -0.158. The molecule has 3 aromatic carbocycles. The number of aliphatic hydroxyl groups excluding tert-OH is 1. The highest BCUT2D eigenvalue weighted by atomic mass is 35.5. The maximum Gasteiger partial charge on any atom is 0.329 e. The summed E-state index contributed by atoms with van der Waals surface area (Å²) in [5, 5.41) is 23.1. The number of hydrogen-bond donors (Lipinski definition) is 3. The Kier molecular flexibility index (Phi) is 5.92. The van der Waals surface area contributed by atoms with E-state index < -0.39 is 23.9 Å². The third kappa shape index (κ3) is 4.34. The number of nitrogens with one attached hydrogen (secondary N) is 1. The Morgan fingerprint density at radius 3 is 2.28 bits per heavy atom. The Bertz CT molecular complexity index is 1200. The summed E-state index contributed by atoms with van der Waals surface area (Å²) in [7, 11) is 0. The number of halogens is 3. The minimum Gasteiger partial charge on any atom is -0.508 e. The van der Waals surface area contributed by atoms with Gasteiger partial charge in [-0.3, -0.25) is 15.0 Å². The Balaban J connectivity index is 1.62. The molecule has 0 spiro atoms. The van der Waals surface area contributed by atoms with Crippen molar-refractivity contribution in [3.05, 3.63) is 81.6 Å². The molecule has 0 aliphatic carbocycles. The number of anilines is 1. The maximum absolute atomic E-state index is 13.2. The number of urea groups is 1. The first-order valence-electron chi connectivity index (χ1n) is 9.27. The number of nitrogens with zero attached hydrogens (tertiary/aromatic N) is 1. The van der Waals surface area contributed by atoms with E-state index in [1.807, 2.05) is 0 Å². The average Bonchev–Trinajstić information content (AvgIpc) is 3.09. The van der Waals surface area contributed by atoms with Crippen LogP contribution in [0, 0.1) is 5.82 Å². The number of carbonyl (C=O) groups is 2. The number of benzene rings is 3. The fourth-order valence-corrected chi connectivity index (χ4v) is 3.76. The number of carbonyl (C=O) groups excluding carboxylic acids is 2. The van der Waals surface area contributed by atoms with E-state index in [2.05, 4.69) is 5.32 Å². The molecule has 7 nitrogen and oxygen atoms in total. The lowest BCUT2D eigenvalue weighted by atomic mass is 10.0. The van der Waals surface area contributed by atoms with Crippen molar-refractivity contribution in [1.82, 2.24) is 5.32 Å². The second kappa shape index (κ2) is 8.66. The van der Waals surface area contributed by atoms with Crippen LogP contribution in [-0.2, 0) is 4.79 Å². The zero-order valence-corrected chi connectivity index (χ0v) is 17.7. The molecule has 32 heavy (non-hydrogen) atoms. The van der Waals surface area contributed by atoms with Gasteiger partial charge >= 0.3 is 6.03 Å². The summed E-state index contributed by atoms with van der Waals surface area (Å²) in [4.78, 5) is 24.5. The van der Waals surface area contributed by atoms with Gasteiger partial charge in [0, 0.05) is 11.3 Å². The van der Waals surface area contributed by atoms with Crippen LogP contribution in [0.4, 0.5) is 14.9 Å². The summed E-state index contributed by atoms with van der Waals surface area (Å²) in [5.41, 5.74) is 0.816. The molecule has 1 atom stereocenters. The highest BCUT2D eigenvalue weighted by Crippen LogP contribution is 2.41. The number of phenols is 1. The molecule has 1 aliphatic heterocycles. The molecule has 3 N–H and O–H groups in total. The van der Waals surface area contributed by atoms with Crippen LogP contribution in [0.1, 0.15) is 17.2 Å². The first-order chi connectivity index (χ1) is 15.2. The third-order valence-corrected chi connectivity index (χ3v) is 5.35. The molecular formula is C22H15Cl2FN2O5. The summed E-state index contributed by atoms with van der Waals surface area (Å²) >= 11 is 12.6. The molecule has 0 aromatic heterocycles. The molecule has 164 valence electrons. The van der Waals surface area contributed by atoms with Gasteiger partial charge in [-0.1, -0.05) is 35.3 Å². The van der Waals surface area contributed by atoms with E-state index in [-0.39, 0.29) is 39.4 Å². The van der Waals surface area contributed by atoms with E-state index in [0.717, 1.165) is 0 Å². The number of imide groups is 1. The summed E-state index contributed by atoms with van der Waals surface area (Å²) in [6.07, 6.45) is -1.24. The van der Waals surface area contributed by atoms with Crippen molar-refractivity contribution in [2.45, 2.75) is 6.10 Å². The van der Waals surface area contributed by atoms with Crippen LogP contribution in [0.3, 0.4) is 0 Å². The second-order valence-corrected chi connectivity index (χ2v) is 7.77. The van der Waals surface area contributed by atoms with Gasteiger partial charge in [0.15, 0.2) is 5.75 Å². The topological polar surface area (TPSA) is 99.1 Å². The van der Waals surface area contributed by atoms with Gasteiger partial charge in [0.25, 0.3) is 0 Å². The standard InChI is InChI=1S/C22H15Cl2FN2O5/c23-16-7-13(27-10-19(29)26-22(27)31)8-17(24)21(16)32-14-5-6-18(28)15(9-14)20(30)11-1-3-12(25)4-2-11/h1-9,20,28,30H,10H2,(H,26,29,31). The minimum atomic E-state index is -1.24. The van der Waals surface area contributed by atoms with Crippen LogP contribution >= 0.6 is 23.2 Å². The molecule has 1 heterocycles. The number of rotatable bonds is 5. The molecule has 0 bridgehead atoms. The predicted molar refractivity (Wildman–Crippen MR) is 116 cm³/mol. The fourth-order valence-electron chi connectivity index (χ4n) is 3.21. The van der Waals surface area contributed by atoms with Crippen molar-refractivity contribution >= 4 is 40.8 Å². The van der Waals surface area contributed by atoms with Crippen LogP contribution < -0.4 is 15.0 Å². The van der Waals surface area contributed by atoms with Gasteiger partial charge in [-0.25, -0.2) is 9.18 Å². The first kappa shape index (κ1) is 21.9. The van der Waals surface area contributed by atoms with E-state index in [4.69, 9.17) is 27.9 Å². The molecule has 1 unspecified atom stereocenters. The van der Waals surface area contributed by atoms with Crippen molar-refractivity contribution in [3.8, 4) is 17.2 Å². The number of aromatic hydroxyl groups is 1. The van der Waals surface area contributed by atoms with Crippen LogP contribution in [0.5, 0.6) is 17.2 Å². The third-order valence-electron chi connectivity index (χ3n) is 4.79. The maximum atomic E-state index is 13.2. The monoisotopic (exact) mass is 476 g/mol. The zero-order chi connectivity index (χ0) is 23.0. The Labute approximate surface area is 191 Å². The number of hydrogen-bond acceptors (Lipinski definition) is 5. The quantitative estimate of drug-likeness (QED) is 0.460. The molecular weight excluding hydrogens is 462 g/mol. The van der Waals surface area contributed by atoms with E-state index >= 15 is 0 Å². The van der Waals surface area contributed by atoms with Gasteiger partial charge in [-0.15, -0.1) is 0 Å². The van der Waals surface area contributed by atoms with Crippen LogP contribution in [0.2, 0.25) is 10.0 Å². The average molecular weight is 477 g/mol. The first-order valence-corrected chi connectivity index (χ1v) is 10.0. The smallest absolute Gasteiger partial charge is 0.329 e. The molecule has 4 rings (SSSR count). The molecule has 1 fully saturated rings. The molecule has 1 saturated heterocycles. The van der Waals surface area contributed by atoms with Crippen LogP contribution in [0.25, 0.3) is 0 Å². The highest BCUT2D eigenvalue weighted by molar-refractivity contribution is 6.38. The molecule has 0 saturated carbocycles. The lowest BCUT2D eigenvalue weighted by molar-refractivity contribution is -0.117. The second-order valence-electron chi connectivity index (χ2n) is 6.95.